The Kier molecular flexibility index (Phi) is 5.82. The number of rotatable bonds is 5. The summed E-state index contributed by atoms with van der Waals surface area (Å²) in [5.41, 5.74) is 15.3. The largest absolute Gasteiger partial charge is 0.399 e. The number of fused-ring (bicyclic) bond motifs is 1. The van der Waals surface area contributed by atoms with E-state index in [-0.39, 0.29) is 16.6 Å². The molecule has 3 aromatic rings. The third kappa shape index (κ3) is 4.53. The van der Waals surface area contributed by atoms with Gasteiger partial charge in [-0.3, -0.25) is 4.79 Å². The van der Waals surface area contributed by atoms with Crippen LogP contribution in [0.1, 0.15) is 84.3 Å². The number of ketones is 1. The highest BCUT2D eigenvalue weighted by Gasteiger charge is 2.37. The predicted molar refractivity (Wildman–Crippen MR) is 140 cm³/mol. The number of benzene rings is 3. The lowest BCUT2D eigenvalue weighted by atomic mass is 9.62. The number of carbonyl (C=O) groups excluding carboxylic acids is 1. The van der Waals surface area contributed by atoms with E-state index in [1.807, 2.05) is 48.5 Å². The van der Waals surface area contributed by atoms with Crippen LogP contribution < -0.4 is 5.73 Å². The van der Waals surface area contributed by atoms with Crippen LogP contribution >= 0.6 is 0 Å². The summed E-state index contributed by atoms with van der Waals surface area (Å²) in [6, 6.07) is 20.2. The van der Waals surface area contributed by atoms with E-state index in [1.165, 1.54) is 23.1 Å². The smallest absolute Gasteiger partial charge is 0.193 e. The van der Waals surface area contributed by atoms with E-state index >= 15 is 0 Å². The first-order valence-corrected chi connectivity index (χ1v) is 11.8. The molecule has 2 N–H and O–H groups in total. The van der Waals surface area contributed by atoms with Crippen molar-refractivity contribution in [3.05, 3.63) is 106 Å². The quantitative estimate of drug-likeness (QED) is 0.333. The molecule has 4 rings (SSSR count). The third-order valence-corrected chi connectivity index (χ3v) is 7.39. The molecule has 0 spiro atoms. The van der Waals surface area contributed by atoms with Crippen molar-refractivity contribution >= 4 is 17.0 Å². The Balaban J connectivity index is 1.60. The van der Waals surface area contributed by atoms with Crippen LogP contribution in [-0.2, 0) is 17.3 Å². The fraction of sp³-hybridized carbons (Fsp3) is 0.323. The SMILES string of the molecule is C=C(Cc1ccc(N)cc1)c1ccc(C(=O)c2cc3c(cc2C)C(C)(C)CCC3(C)C)cc1. The normalized spacial score (nSPS) is 16.2. The molecule has 0 heterocycles. The molecule has 1 aliphatic carbocycles. The Morgan fingerprint density at radius 1 is 0.848 bits per heavy atom. The minimum absolute atomic E-state index is 0.0806. The second-order valence-corrected chi connectivity index (χ2v) is 10.9. The first-order chi connectivity index (χ1) is 15.5. The molecule has 0 saturated carbocycles. The van der Waals surface area contributed by atoms with Gasteiger partial charge in [0, 0.05) is 16.8 Å². The number of hydrogen-bond acceptors (Lipinski definition) is 2. The van der Waals surface area contributed by atoms with Crippen molar-refractivity contribution in [3.8, 4) is 0 Å². The number of nitrogens with two attached hydrogens (primary N) is 1. The van der Waals surface area contributed by atoms with E-state index in [2.05, 4.69) is 53.3 Å². The maximum atomic E-state index is 13.5. The zero-order chi connectivity index (χ0) is 24.0. The summed E-state index contributed by atoms with van der Waals surface area (Å²) in [6.45, 7) is 15.5. The van der Waals surface area contributed by atoms with Crippen molar-refractivity contribution in [1.82, 2.24) is 0 Å². The van der Waals surface area contributed by atoms with E-state index < -0.39 is 0 Å². The molecule has 1 aliphatic rings. The average Bonchev–Trinajstić information content (AvgIpc) is 2.78. The van der Waals surface area contributed by atoms with Crippen LogP contribution in [0.15, 0.2) is 67.2 Å². The molecule has 170 valence electrons. The number of hydrogen-bond donors (Lipinski definition) is 1. The number of nitrogen functional groups attached to an aromatic ring is 1. The van der Waals surface area contributed by atoms with Crippen LogP contribution in [0.2, 0.25) is 0 Å². The van der Waals surface area contributed by atoms with Gasteiger partial charge in [0.1, 0.15) is 0 Å². The lowest BCUT2D eigenvalue weighted by Crippen LogP contribution is -2.34. The molecule has 0 atom stereocenters. The van der Waals surface area contributed by atoms with Gasteiger partial charge < -0.3 is 5.73 Å². The summed E-state index contributed by atoms with van der Waals surface area (Å²) in [6.07, 6.45) is 3.05. The van der Waals surface area contributed by atoms with Crippen molar-refractivity contribution in [2.45, 2.75) is 64.7 Å². The van der Waals surface area contributed by atoms with Crippen LogP contribution in [0.4, 0.5) is 5.69 Å². The summed E-state index contributed by atoms with van der Waals surface area (Å²) in [7, 11) is 0. The number of aryl methyl sites for hydroxylation is 1. The minimum atomic E-state index is 0.0806. The van der Waals surface area contributed by atoms with Crippen molar-refractivity contribution in [3.63, 3.8) is 0 Å². The van der Waals surface area contributed by atoms with Gasteiger partial charge in [0.2, 0.25) is 0 Å². The molecule has 0 aromatic heterocycles. The van der Waals surface area contributed by atoms with Gasteiger partial charge in [0.05, 0.1) is 0 Å². The van der Waals surface area contributed by atoms with Crippen molar-refractivity contribution in [2.24, 2.45) is 0 Å². The molecule has 3 aromatic carbocycles. The molecule has 0 aliphatic heterocycles. The molecule has 2 nitrogen and oxygen atoms in total. The lowest BCUT2D eigenvalue weighted by molar-refractivity contribution is 0.103. The first-order valence-electron chi connectivity index (χ1n) is 11.8. The number of allylic oxidation sites excluding steroid dienone is 1. The topological polar surface area (TPSA) is 43.1 Å². The monoisotopic (exact) mass is 437 g/mol. The Morgan fingerprint density at radius 2 is 1.36 bits per heavy atom. The summed E-state index contributed by atoms with van der Waals surface area (Å²) in [5, 5.41) is 0. The zero-order valence-corrected chi connectivity index (χ0v) is 20.6. The van der Waals surface area contributed by atoms with E-state index in [4.69, 9.17) is 5.73 Å². The highest BCUT2D eigenvalue weighted by molar-refractivity contribution is 6.10. The maximum absolute atomic E-state index is 13.5. The van der Waals surface area contributed by atoms with Gasteiger partial charge in [0.15, 0.2) is 5.78 Å². The zero-order valence-electron chi connectivity index (χ0n) is 20.6. The van der Waals surface area contributed by atoms with Gasteiger partial charge in [-0.25, -0.2) is 0 Å². The molecule has 33 heavy (non-hydrogen) atoms. The van der Waals surface area contributed by atoms with E-state index in [1.54, 1.807) is 0 Å². The fourth-order valence-corrected chi connectivity index (χ4v) is 4.96. The predicted octanol–water partition coefficient (Wildman–Crippen LogP) is 7.41. The van der Waals surface area contributed by atoms with E-state index in [0.29, 0.717) is 0 Å². The van der Waals surface area contributed by atoms with Gasteiger partial charge in [-0.1, -0.05) is 76.7 Å². The summed E-state index contributed by atoms with van der Waals surface area (Å²) in [4.78, 5) is 13.5. The van der Waals surface area contributed by atoms with Crippen LogP contribution in [0, 0.1) is 6.92 Å². The molecule has 0 bridgehead atoms. The van der Waals surface area contributed by atoms with Gasteiger partial charge in [0.25, 0.3) is 0 Å². The second kappa shape index (κ2) is 8.33. The summed E-state index contributed by atoms with van der Waals surface area (Å²) in [5.74, 6) is 0.0881. The molecule has 0 fully saturated rings. The minimum Gasteiger partial charge on any atom is -0.399 e. The molecule has 0 amide bonds. The Bertz CT molecular complexity index is 1210. The van der Waals surface area contributed by atoms with Crippen LogP contribution in [-0.4, -0.2) is 5.78 Å². The molecular formula is C31H35NO. The van der Waals surface area contributed by atoms with Crippen LogP contribution in [0.25, 0.3) is 5.57 Å². The maximum Gasteiger partial charge on any atom is 0.193 e. The third-order valence-electron chi connectivity index (χ3n) is 7.39. The second-order valence-electron chi connectivity index (χ2n) is 10.9. The standard InChI is InChI=1S/C31H35NO/c1-20(17-22-7-13-25(32)14-8-22)23-9-11-24(12-10-23)29(33)26-19-28-27(18-21(26)2)30(3,4)15-16-31(28,5)6/h7-14,18-19H,1,15-17,32H2,2-6H3. The number of anilines is 1. The fourth-order valence-electron chi connectivity index (χ4n) is 4.96. The molecule has 0 unspecified atom stereocenters. The molecule has 0 radical (unpaired) electrons. The van der Waals surface area contributed by atoms with Gasteiger partial charge in [-0.05, 0) is 88.6 Å². The van der Waals surface area contributed by atoms with E-state index in [0.717, 1.165) is 46.4 Å². The van der Waals surface area contributed by atoms with Crippen molar-refractivity contribution < 1.29 is 4.79 Å². The molecule has 0 saturated heterocycles. The van der Waals surface area contributed by atoms with Crippen molar-refractivity contribution in [2.75, 3.05) is 5.73 Å². The summed E-state index contributed by atoms with van der Waals surface area (Å²) < 4.78 is 0. The highest BCUT2D eigenvalue weighted by atomic mass is 16.1. The lowest BCUT2D eigenvalue weighted by Gasteiger charge is -2.42. The highest BCUT2D eigenvalue weighted by Crippen LogP contribution is 2.46. The number of carbonyl (C=O) groups is 1. The van der Waals surface area contributed by atoms with Crippen molar-refractivity contribution in [1.29, 1.82) is 0 Å². The first kappa shape index (κ1) is 23.0. The van der Waals surface area contributed by atoms with Crippen LogP contribution in [0.5, 0.6) is 0 Å². The van der Waals surface area contributed by atoms with Gasteiger partial charge >= 0.3 is 0 Å². The Labute approximate surface area is 198 Å². The van der Waals surface area contributed by atoms with E-state index in [9.17, 15) is 4.79 Å². The molecule has 2 heteroatoms. The Hall–Kier alpha value is -3.13. The van der Waals surface area contributed by atoms with Gasteiger partial charge in [-0.2, -0.15) is 0 Å². The average molecular weight is 438 g/mol. The Morgan fingerprint density at radius 3 is 1.94 bits per heavy atom. The van der Waals surface area contributed by atoms with Crippen LogP contribution in [0.3, 0.4) is 0 Å². The van der Waals surface area contributed by atoms with Gasteiger partial charge in [-0.15, -0.1) is 0 Å². The summed E-state index contributed by atoms with van der Waals surface area (Å²) >= 11 is 0. The molecular weight excluding hydrogens is 402 g/mol.